The third kappa shape index (κ3) is 2.84. The summed E-state index contributed by atoms with van der Waals surface area (Å²) in [6.45, 7) is 1.09. The minimum absolute atomic E-state index is 0.613. The summed E-state index contributed by atoms with van der Waals surface area (Å²) in [5.41, 5.74) is -0.811. The Morgan fingerprint density at radius 2 is 1.88 bits per heavy atom. The Hall–Kier alpha value is -2.29. The first kappa shape index (κ1) is 12.8. The highest BCUT2D eigenvalue weighted by Crippen LogP contribution is 2.11. The Bertz CT molecular complexity index is 488. The first-order valence-corrected chi connectivity index (χ1v) is 4.62. The zero-order valence-corrected chi connectivity index (χ0v) is 8.83. The molecule has 17 heavy (non-hydrogen) atoms. The van der Waals surface area contributed by atoms with Gasteiger partial charge < -0.3 is 5.32 Å². The molecule has 0 radical (unpaired) electrons. The zero-order chi connectivity index (χ0) is 13.0. The number of ketones is 1. The maximum absolute atomic E-state index is 13.2. The molecular weight excluding hydrogens is 230 g/mol. The van der Waals surface area contributed by atoms with E-state index in [2.05, 4.69) is 0 Å². The molecule has 1 rings (SSSR count). The van der Waals surface area contributed by atoms with E-state index < -0.39 is 34.9 Å². The lowest BCUT2D eigenvalue weighted by atomic mass is 10.1. The predicted octanol–water partition coefficient (Wildman–Crippen LogP) is 1.18. The summed E-state index contributed by atoms with van der Waals surface area (Å²) in [4.78, 5) is 22.4. The number of hydrogen-bond donors (Lipinski definition) is 1. The molecule has 88 valence electrons. The summed E-state index contributed by atoms with van der Waals surface area (Å²) < 4.78 is 26.4. The standard InChI is InChI=1S/C11H8F2N2O2/c1-6(16)9(5-14)15-11(17)10-7(12)3-2-4-8(10)13/h2-4,9H,1H3,(H,15,17). The van der Waals surface area contributed by atoms with E-state index in [1.807, 2.05) is 5.32 Å². The minimum Gasteiger partial charge on any atom is -0.330 e. The van der Waals surface area contributed by atoms with Crippen LogP contribution in [0.5, 0.6) is 0 Å². The van der Waals surface area contributed by atoms with Gasteiger partial charge >= 0.3 is 0 Å². The van der Waals surface area contributed by atoms with Gasteiger partial charge in [-0.15, -0.1) is 0 Å². The van der Waals surface area contributed by atoms with Crippen LogP contribution in [0.25, 0.3) is 0 Å². The van der Waals surface area contributed by atoms with E-state index in [4.69, 9.17) is 5.26 Å². The van der Waals surface area contributed by atoms with Crippen molar-refractivity contribution in [3.05, 3.63) is 35.4 Å². The average molecular weight is 238 g/mol. The summed E-state index contributed by atoms with van der Waals surface area (Å²) >= 11 is 0. The van der Waals surface area contributed by atoms with E-state index in [0.29, 0.717) is 0 Å². The van der Waals surface area contributed by atoms with Gasteiger partial charge in [-0.2, -0.15) is 5.26 Å². The summed E-state index contributed by atoms with van der Waals surface area (Å²) in [5, 5.41) is 10.5. The fourth-order valence-electron chi connectivity index (χ4n) is 1.14. The molecule has 6 heteroatoms. The Morgan fingerprint density at radius 3 is 2.29 bits per heavy atom. The summed E-state index contributed by atoms with van der Waals surface area (Å²) in [7, 11) is 0. The highest BCUT2D eigenvalue weighted by Gasteiger charge is 2.22. The Morgan fingerprint density at radius 1 is 1.35 bits per heavy atom. The van der Waals surface area contributed by atoms with Crippen molar-refractivity contribution in [2.75, 3.05) is 0 Å². The van der Waals surface area contributed by atoms with Gasteiger partial charge in [0.05, 0.1) is 6.07 Å². The second-order valence-electron chi connectivity index (χ2n) is 3.24. The first-order valence-electron chi connectivity index (χ1n) is 4.62. The van der Waals surface area contributed by atoms with E-state index in [1.165, 1.54) is 6.07 Å². The van der Waals surface area contributed by atoms with E-state index in [9.17, 15) is 18.4 Å². The van der Waals surface area contributed by atoms with Gasteiger partial charge in [-0.25, -0.2) is 8.78 Å². The van der Waals surface area contributed by atoms with Gasteiger partial charge in [0, 0.05) is 0 Å². The number of hydrogen-bond acceptors (Lipinski definition) is 3. The smallest absolute Gasteiger partial charge is 0.258 e. The van der Waals surface area contributed by atoms with Crippen LogP contribution in [0.2, 0.25) is 0 Å². The minimum atomic E-state index is -1.42. The molecule has 4 nitrogen and oxygen atoms in total. The third-order valence-corrected chi connectivity index (χ3v) is 2.00. The van der Waals surface area contributed by atoms with Gasteiger partial charge in [-0.3, -0.25) is 9.59 Å². The topological polar surface area (TPSA) is 70.0 Å². The molecule has 0 aliphatic heterocycles. The summed E-state index contributed by atoms with van der Waals surface area (Å²) in [6, 6.07) is 3.02. The van der Waals surface area contributed by atoms with Crippen LogP contribution in [0.1, 0.15) is 17.3 Å². The number of halogens is 2. The number of benzene rings is 1. The molecule has 1 aromatic carbocycles. The van der Waals surface area contributed by atoms with Crippen molar-refractivity contribution in [3.63, 3.8) is 0 Å². The van der Waals surface area contributed by atoms with Gasteiger partial charge in [0.15, 0.2) is 11.8 Å². The number of nitrogens with zero attached hydrogens (tertiary/aromatic N) is 1. The van der Waals surface area contributed by atoms with Crippen LogP contribution >= 0.6 is 0 Å². The van der Waals surface area contributed by atoms with Crippen LogP contribution in [0, 0.1) is 23.0 Å². The lowest BCUT2D eigenvalue weighted by Crippen LogP contribution is -2.39. The van der Waals surface area contributed by atoms with Gasteiger partial charge in [-0.1, -0.05) is 6.07 Å². The van der Waals surface area contributed by atoms with Crippen LogP contribution in [-0.4, -0.2) is 17.7 Å². The molecule has 1 amide bonds. The molecule has 0 saturated carbocycles. The molecule has 1 N–H and O–H groups in total. The van der Waals surface area contributed by atoms with Crippen LogP contribution in [0.4, 0.5) is 8.78 Å². The molecule has 1 atom stereocenters. The van der Waals surface area contributed by atoms with Crippen LogP contribution < -0.4 is 5.32 Å². The largest absolute Gasteiger partial charge is 0.330 e. The predicted molar refractivity (Wildman–Crippen MR) is 53.9 cm³/mol. The average Bonchev–Trinajstić information content (AvgIpc) is 2.25. The molecule has 0 aliphatic rings. The third-order valence-electron chi connectivity index (χ3n) is 2.00. The lowest BCUT2D eigenvalue weighted by Gasteiger charge is -2.09. The van der Waals surface area contributed by atoms with Crippen LogP contribution in [-0.2, 0) is 4.79 Å². The first-order chi connectivity index (χ1) is 7.97. The number of amides is 1. The number of carbonyl (C=O) groups is 2. The highest BCUT2D eigenvalue weighted by atomic mass is 19.1. The molecule has 0 fully saturated rings. The normalized spacial score (nSPS) is 11.4. The Kier molecular flexibility index (Phi) is 3.88. The molecule has 0 heterocycles. The van der Waals surface area contributed by atoms with Crippen molar-refractivity contribution in [2.45, 2.75) is 13.0 Å². The molecule has 0 aromatic heterocycles. The number of nitrogens with one attached hydrogen (secondary N) is 1. The number of carbonyl (C=O) groups excluding carboxylic acids is 2. The molecule has 0 spiro atoms. The second kappa shape index (κ2) is 5.16. The van der Waals surface area contributed by atoms with Gasteiger partial charge in [0.25, 0.3) is 5.91 Å². The fourth-order valence-corrected chi connectivity index (χ4v) is 1.14. The maximum atomic E-state index is 13.2. The van der Waals surface area contributed by atoms with Crippen molar-refractivity contribution in [2.24, 2.45) is 0 Å². The molecule has 1 unspecified atom stereocenters. The van der Waals surface area contributed by atoms with Crippen molar-refractivity contribution in [1.29, 1.82) is 5.26 Å². The SMILES string of the molecule is CC(=O)C(C#N)NC(=O)c1c(F)cccc1F. The van der Waals surface area contributed by atoms with E-state index in [-0.39, 0.29) is 0 Å². The summed E-state index contributed by atoms with van der Waals surface area (Å²) in [5.74, 6) is -3.86. The summed E-state index contributed by atoms with van der Waals surface area (Å²) in [6.07, 6.45) is 0. The monoisotopic (exact) mass is 238 g/mol. The molecular formula is C11H8F2N2O2. The van der Waals surface area contributed by atoms with Crippen LogP contribution in [0.15, 0.2) is 18.2 Å². The molecule has 0 aliphatic carbocycles. The van der Waals surface area contributed by atoms with E-state index >= 15 is 0 Å². The number of rotatable bonds is 3. The molecule has 1 aromatic rings. The fraction of sp³-hybridized carbons (Fsp3) is 0.182. The van der Waals surface area contributed by atoms with Crippen molar-refractivity contribution in [3.8, 4) is 6.07 Å². The van der Waals surface area contributed by atoms with Crippen molar-refractivity contribution < 1.29 is 18.4 Å². The van der Waals surface area contributed by atoms with Crippen molar-refractivity contribution in [1.82, 2.24) is 5.32 Å². The number of Topliss-reactive ketones (excluding diaryl/α,β-unsaturated/α-hetero) is 1. The van der Waals surface area contributed by atoms with Gasteiger partial charge in [0.2, 0.25) is 0 Å². The van der Waals surface area contributed by atoms with E-state index in [0.717, 1.165) is 25.1 Å². The molecule has 0 saturated heterocycles. The van der Waals surface area contributed by atoms with Crippen LogP contribution in [0.3, 0.4) is 0 Å². The second-order valence-corrected chi connectivity index (χ2v) is 3.24. The van der Waals surface area contributed by atoms with Gasteiger partial charge in [0.1, 0.15) is 17.2 Å². The van der Waals surface area contributed by atoms with Gasteiger partial charge in [-0.05, 0) is 19.1 Å². The molecule has 0 bridgehead atoms. The Labute approximate surface area is 95.9 Å². The maximum Gasteiger partial charge on any atom is 0.258 e. The quantitative estimate of drug-likeness (QED) is 0.859. The van der Waals surface area contributed by atoms with Crippen molar-refractivity contribution >= 4 is 11.7 Å². The highest BCUT2D eigenvalue weighted by molar-refractivity contribution is 5.98. The lowest BCUT2D eigenvalue weighted by molar-refractivity contribution is -0.117. The zero-order valence-electron chi connectivity index (χ0n) is 8.83. The van der Waals surface area contributed by atoms with E-state index in [1.54, 1.807) is 0 Å². The number of nitriles is 1. The Balaban J connectivity index is 2.99.